The molecule has 1 aliphatic carbocycles. The number of hydrogen-bond acceptors (Lipinski definition) is 3. The Balaban J connectivity index is 1.56. The molecule has 1 aliphatic heterocycles. The van der Waals surface area contributed by atoms with Gasteiger partial charge < -0.3 is 4.90 Å². The number of piperidine rings is 1. The SMILES string of the molecule is CN(C)C(=O)C[C@H]1CC2(CCN(S(=O)(=O)c3ccccc3)CC2)c2ccccc21. The highest BCUT2D eigenvalue weighted by molar-refractivity contribution is 7.89. The van der Waals surface area contributed by atoms with Gasteiger partial charge in [0, 0.05) is 33.6 Å². The summed E-state index contributed by atoms with van der Waals surface area (Å²) >= 11 is 0. The second kappa shape index (κ2) is 7.58. The van der Waals surface area contributed by atoms with Gasteiger partial charge in [0.2, 0.25) is 15.9 Å². The molecule has 0 radical (unpaired) electrons. The number of fused-ring (bicyclic) bond motifs is 2. The molecule has 1 saturated heterocycles. The maximum absolute atomic E-state index is 13.0. The van der Waals surface area contributed by atoms with Gasteiger partial charge >= 0.3 is 0 Å². The van der Waals surface area contributed by atoms with Crippen LogP contribution in [0.4, 0.5) is 0 Å². The van der Waals surface area contributed by atoms with Gasteiger partial charge in [-0.1, -0.05) is 42.5 Å². The van der Waals surface area contributed by atoms with E-state index in [4.69, 9.17) is 0 Å². The predicted molar refractivity (Wildman–Crippen MR) is 113 cm³/mol. The molecule has 2 aromatic carbocycles. The molecule has 1 spiro atoms. The summed E-state index contributed by atoms with van der Waals surface area (Å²) in [5.74, 6) is 0.351. The Bertz CT molecular complexity index is 994. The molecule has 5 nitrogen and oxygen atoms in total. The maximum Gasteiger partial charge on any atom is 0.243 e. The van der Waals surface area contributed by atoms with Crippen LogP contribution in [-0.4, -0.2) is 50.7 Å². The van der Waals surface area contributed by atoms with E-state index in [0.717, 1.165) is 19.3 Å². The lowest BCUT2D eigenvalue weighted by atomic mass is 9.73. The molecular formula is C23H28N2O3S. The Kier molecular flexibility index (Phi) is 5.25. The van der Waals surface area contributed by atoms with Crippen molar-refractivity contribution in [2.75, 3.05) is 27.2 Å². The lowest BCUT2D eigenvalue weighted by Gasteiger charge is -2.39. The van der Waals surface area contributed by atoms with Crippen LogP contribution >= 0.6 is 0 Å². The zero-order valence-corrected chi connectivity index (χ0v) is 17.9. The zero-order chi connectivity index (χ0) is 20.6. The van der Waals surface area contributed by atoms with E-state index in [1.807, 2.05) is 12.1 Å². The predicted octanol–water partition coefficient (Wildman–Crippen LogP) is 3.37. The van der Waals surface area contributed by atoms with E-state index in [2.05, 4.69) is 18.2 Å². The van der Waals surface area contributed by atoms with Crippen molar-refractivity contribution < 1.29 is 13.2 Å². The third kappa shape index (κ3) is 3.60. The number of sulfonamides is 1. The molecule has 1 atom stereocenters. The van der Waals surface area contributed by atoms with E-state index in [9.17, 15) is 13.2 Å². The molecule has 2 aliphatic rings. The first-order chi connectivity index (χ1) is 13.8. The number of carbonyl (C=O) groups is 1. The van der Waals surface area contributed by atoms with Crippen LogP contribution in [0.1, 0.15) is 42.7 Å². The summed E-state index contributed by atoms with van der Waals surface area (Å²) in [6, 6.07) is 17.1. The van der Waals surface area contributed by atoms with Crippen LogP contribution in [0.15, 0.2) is 59.5 Å². The summed E-state index contributed by atoms with van der Waals surface area (Å²) in [5.41, 5.74) is 2.55. The van der Waals surface area contributed by atoms with E-state index in [1.165, 1.54) is 11.1 Å². The summed E-state index contributed by atoms with van der Waals surface area (Å²) in [6.07, 6.45) is 3.02. The third-order valence-corrected chi connectivity index (χ3v) is 8.50. The first kappa shape index (κ1) is 20.1. The zero-order valence-electron chi connectivity index (χ0n) is 17.0. The maximum atomic E-state index is 13.0. The van der Waals surface area contributed by atoms with Crippen molar-refractivity contribution in [3.05, 3.63) is 65.7 Å². The van der Waals surface area contributed by atoms with E-state index < -0.39 is 10.0 Å². The van der Waals surface area contributed by atoms with Crippen molar-refractivity contribution in [3.8, 4) is 0 Å². The normalized spacial score (nSPS) is 21.1. The van der Waals surface area contributed by atoms with Crippen molar-refractivity contribution in [3.63, 3.8) is 0 Å². The highest BCUT2D eigenvalue weighted by Gasteiger charge is 2.47. The van der Waals surface area contributed by atoms with Crippen molar-refractivity contribution in [2.24, 2.45) is 0 Å². The number of nitrogens with zero attached hydrogens (tertiary/aromatic N) is 2. The highest BCUT2D eigenvalue weighted by atomic mass is 32.2. The molecule has 154 valence electrons. The molecule has 6 heteroatoms. The number of hydrogen-bond donors (Lipinski definition) is 0. The van der Waals surface area contributed by atoms with Gasteiger partial charge in [-0.25, -0.2) is 8.42 Å². The minimum Gasteiger partial charge on any atom is -0.349 e. The summed E-state index contributed by atoms with van der Waals surface area (Å²) < 4.78 is 27.6. The Morgan fingerprint density at radius 2 is 1.66 bits per heavy atom. The van der Waals surface area contributed by atoms with Crippen LogP contribution in [0.2, 0.25) is 0 Å². The van der Waals surface area contributed by atoms with Gasteiger partial charge in [-0.05, 0) is 53.9 Å². The van der Waals surface area contributed by atoms with Crippen LogP contribution in [0, 0.1) is 0 Å². The second-order valence-electron chi connectivity index (χ2n) is 8.48. The molecule has 0 aromatic heterocycles. The van der Waals surface area contributed by atoms with E-state index >= 15 is 0 Å². The topological polar surface area (TPSA) is 57.7 Å². The van der Waals surface area contributed by atoms with Gasteiger partial charge in [-0.15, -0.1) is 0 Å². The Morgan fingerprint density at radius 1 is 1.03 bits per heavy atom. The first-order valence-electron chi connectivity index (χ1n) is 10.2. The third-order valence-electron chi connectivity index (χ3n) is 6.59. The van der Waals surface area contributed by atoms with Crippen molar-refractivity contribution in [1.29, 1.82) is 0 Å². The van der Waals surface area contributed by atoms with Gasteiger partial charge in [0.25, 0.3) is 0 Å². The fraction of sp³-hybridized carbons (Fsp3) is 0.435. The summed E-state index contributed by atoms with van der Waals surface area (Å²) in [5, 5.41) is 0. The van der Waals surface area contributed by atoms with Crippen molar-refractivity contribution >= 4 is 15.9 Å². The van der Waals surface area contributed by atoms with E-state index in [1.54, 1.807) is 47.6 Å². The van der Waals surface area contributed by atoms with Crippen LogP contribution < -0.4 is 0 Å². The lowest BCUT2D eigenvalue weighted by Crippen LogP contribution is -2.44. The minimum atomic E-state index is -3.46. The Hall–Kier alpha value is -2.18. The molecule has 1 fully saturated rings. The average molecular weight is 413 g/mol. The van der Waals surface area contributed by atoms with Gasteiger partial charge in [0.05, 0.1) is 4.90 Å². The number of benzene rings is 2. The Morgan fingerprint density at radius 3 is 2.31 bits per heavy atom. The number of amides is 1. The molecule has 1 amide bonds. The van der Waals surface area contributed by atoms with Crippen molar-refractivity contribution in [1.82, 2.24) is 9.21 Å². The molecule has 29 heavy (non-hydrogen) atoms. The standard InChI is InChI=1S/C23H28N2O3S/c1-24(2)22(26)16-18-17-23(21-11-7-6-10-20(18)21)12-14-25(15-13-23)29(27,28)19-8-4-3-5-9-19/h3-11,18H,12-17H2,1-2H3/t18-/m0/s1. The molecule has 2 aromatic rings. The molecule has 0 N–H and O–H groups in total. The molecular weight excluding hydrogens is 384 g/mol. The summed E-state index contributed by atoms with van der Waals surface area (Å²) in [7, 11) is 0.138. The van der Waals surface area contributed by atoms with Crippen LogP contribution in [-0.2, 0) is 20.2 Å². The van der Waals surface area contributed by atoms with Crippen molar-refractivity contribution in [2.45, 2.75) is 41.9 Å². The quantitative estimate of drug-likeness (QED) is 0.774. The van der Waals surface area contributed by atoms with Gasteiger partial charge in [0.15, 0.2) is 0 Å². The smallest absolute Gasteiger partial charge is 0.243 e. The molecule has 4 rings (SSSR count). The lowest BCUT2D eigenvalue weighted by molar-refractivity contribution is -0.129. The summed E-state index contributed by atoms with van der Waals surface area (Å²) in [4.78, 5) is 14.4. The van der Waals surface area contributed by atoms with Gasteiger partial charge in [0.1, 0.15) is 0 Å². The van der Waals surface area contributed by atoms with Gasteiger partial charge in [-0.3, -0.25) is 4.79 Å². The highest BCUT2D eigenvalue weighted by Crippen LogP contribution is 2.53. The second-order valence-corrected chi connectivity index (χ2v) is 10.4. The van der Waals surface area contributed by atoms with Crippen LogP contribution in [0.25, 0.3) is 0 Å². The molecule has 0 unspecified atom stereocenters. The van der Waals surface area contributed by atoms with Gasteiger partial charge in [-0.2, -0.15) is 4.31 Å². The molecule has 0 saturated carbocycles. The van der Waals surface area contributed by atoms with E-state index in [0.29, 0.717) is 24.4 Å². The van der Waals surface area contributed by atoms with E-state index in [-0.39, 0.29) is 17.2 Å². The first-order valence-corrected chi connectivity index (χ1v) is 11.6. The molecule has 1 heterocycles. The summed E-state index contributed by atoms with van der Waals surface area (Å²) in [6.45, 7) is 1.03. The fourth-order valence-corrected chi connectivity index (χ4v) is 6.44. The fourth-order valence-electron chi connectivity index (χ4n) is 4.97. The Labute approximate surface area is 173 Å². The molecule has 0 bridgehead atoms. The van der Waals surface area contributed by atoms with Crippen LogP contribution in [0.3, 0.4) is 0 Å². The van der Waals surface area contributed by atoms with Crippen LogP contribution in [0.5, 0.6) is 0 Å². The largest absolute Gasteiger partial charge is 0.349 e. The minimum absolute atomic E-state index is 0.0312. The average Bonchev–Trinajstić information content (AvgIpc) is 3.02. The monoisotopic (exact) mass is 412 g/mol. The number of carbonyl (C=O) groups excluding carboxylic acids is 1. The number of rotatable bonds is 4.